The van der Waals surface area contributed by atoms with Gasteiger partial charge in [0.15, 0.2) is 5.96 Å². The fourth-order valence-electron chi connectivity index (χ4n) is 1.92. The van der Waals surface area contributed by atoms with Crippen LogP contribution >= 0.6 is 35.3 Å². The molecule has 0 saturated carbocycles. The van der Waals surface area contributed by atoms with Crippen molar-refractivity contribution in [1.82, 2.24) is 19.9 Å². The van der Waals surface area contributed by atoms with E-state index in [1.807, 2.05) is 0 Å². The molecule has 0 aromatic carbocycles. The summed E-state index contributed by atoms with van der Waals surface area (Å²) >= 11 is 1.64. The first-order chi connectivity index (χ1) is 11.3. The smallest absolute Gasteiger partial charge is 0.213 e. The van der Waals surface area contributed by atoms with E-state index in [9.17, 15) is 8.42 Å². The minimum atomic E-state index is -3.10. The van der Waals surface area contributed by atoms with Crippen LogP contribution in [0.2, 0.25) is 0 Å². The van der Waals surface area contributed by atoms with E-state index in [2.05, 4.69) is 39.8 Å². The van der Waals surface area contributed by atoms with Crippen LogP contribution in [0.4, 0.5) is 0 Å². The van der Waals surface area contributed by atoms with Gasteiger partial charge in [-0.2, -0.15) is 0 Å². The molecule has 0 aliphatic heterocycles. The van der Waals surface area contributed by atoms with Gasteiger partial charge in [0.2, 0.25) is 10.0 Å². The normalized spacial score (nSPS) is 12.4. The quantitative estimate of drug-likeness (QED) is 0.234. The maximum absolute atomic E-state index is 11.7. The van der Waals surface area contributed by atoms with E-state index < -0.39 is 10.0 Å². The van der Waals surface area contributed by atoms with E-state index in [0.717, 1.165) is 10.7 Å². The number of rotatable bonds is 9. The molecule has 0 radical (unpaired) electrons. The summed E-state index contributed by atoms with van der Waals surface area (Å²) < 4.78 is 24.7. The maximum Gasteiger partial charge on any atom is 0.213 e. The highest BCUT2D eigenvalue weighted by molar-refractivity contribution is 14.0. The van der Waals surface area contributed by atoms with Crippen LogP contribution in [0.1, 0.15) is 43.8 Å². The van der Waals surface area contributed by atoms with E-state index in [1.54, 1.807) is 32.4 Å². The Bertz CT molecular complexity index is 632. The van der Waals surface area contributed by atoms with Gasteiger partial charge in [-0.3, -0.25) is 4.99 Å². The minimum Gasteiger partial charge on any atom is -0.356 e. The summed E-state index contributed by atoms with van der Waals surface area (Å²) in [6.07, 6.45) is 0.713. The van der Waals surface area contributed by atoms with E-state index >= 15 is 0 Å². The van der Waals surface area contributed by atoms with E-state index in [0.29, 0.717) is 37.9 Å². The molecule has 0 fully saturated rings. The van der Waals surface area contributed by atoms with Gasteiger partial charge in [0.1, 0.15) is 5.01 Å². The fraction of sp³-hybridized carbons (Fsp3) is 0.733. The van der Waals surface area contributed by atoms with Gasteiger partial charge in [0.05, 0.1) is 18.0 Å². The summed E-state index contributed by atoms with van der Waals surface area (Å²) in [5.41, 5.74) is 1.11. The molecule has 1 heterocycles. The molecule has 1 aromatic heterocycles. The number of nitrogens with zero attached hydrogens (tertiary/aromatic N) is 3. The van der Waals surface area contributed by atoms with Gasteiger partial charge in [-0.25, -0.2) is 17.7 Å². The Hall–Kier alpha value is -0.460. The third-order valence-corrected chi connectivity index (χ3v) is 6.30. The van der Waals surface area contributed by atoms with Crippen molar-refractivity contribution in [3.8, 4) is 0 Å². The molecule has 10 heteroatoms. The lowest BCUT2D eigenvalue weighted by atomic mass is 10.2. The molecule has 2 N–H and O–H groups in total. The lowest BCUT2D eigenvalue weighted by Crippen LogP contribution is -2.38. The number of halogens is 1. The van der Waals surface area contributed by atoms with Gasteiger partial charge in [-0.15, -0.1) is 35.3 Å². The highest BCUT2D eigenvalue weighted by Crippen LogP contribution is 2.17. The van der Waals surface area contributed by atoms with Gasteiger partial charge in [0, 0.05) is 32.6 Å². The van der Waals surface area contributed by atoms with Gasteiger partial charge >= 0.3 is 0 Å². The number of hydrogen-bond acceptors (Lipinski definition) is 5. The molecule has 0 aliphatic carbocycles. The predicted octanol–water partition coefficient (Wildman–Crippen LogP) is 2.22. The second-order valence-corrected chi connectivity index (χ2v) is 9.06. The number of aliphatic imine (C=N–C) groups is 1. The summed E-state index contributed by atoms with van der Waals surface area (Å²) in [7, 11) is 0.222. The molecule has 7 nitrogen and oxygen atoms in total. The molecule has 0 saturated heterocycles. The highest BCUT2D eigenvalue weighted by atomic mass is 127. The monoisotopic (exact) mass is 503 g/mol. The van der Waals surface area contributed by atoms with Crippen LogP contribution in [0.3, 0.4) is 0 Å². The molecule has 1 aromatic rings. The first-order valence-corrected chi connectivity index (χ1v) is 10.6. The average Bonchev–Trinajstić information content (AvgIpc) is 3.03. The topological polar surface area (TPSA) is 86.7 Å². The van der Waals surface area contributed by atoms with Gasteiger partial charge in [-0.1, -0.05) is 13.8 Å². The fourth-order valence-corrected chi connectivity index (χ4v) is 3.66. The van der Waals surface area contributed by atoms with Crippen molar-refractivity contribution in [2.75, 3.05) is 32.9 Å². The van der Waals surface area contributed by atoms with Gasteiger partial charge in [-0.05, 0) is 19.3 Å². The first-order valence-electron chi connectivity index (χ1n) is 8.13. The molecule has 0 aliphatic rings. The molecule has 0 amide bonds. The molecule has 25 heavy (non-hydrogen) atoms. The zero-order valence-corrected chi connectivity index (χ0v) is 19.5. The number of hydrogen-bond donors (Lipinski definition) is 2. The Morgan fingerprint density at radius 3 is 2.60 bits per heavy atom. The number of aromatic nitrogens is 1. The molecule has 1 rings (SSSR count). The minimum absolute atomic E-state index is 0. The van der Waals surface area contributed by atoms with Crippen molar-refractivity contribution in [2.24, 2.45) is 4.99 Å². The van der Waals surface area contributed by atoms with Crippen molar-refractivity contribution in [1.29, 1.82) is 0 Å². The van der Waals surface area contributed by atoms with Gasteiger partial charge < -0.3 is 10.6 Å². The molecular weight excluding hydrogens is 473 g/mol. The number of thiazole rings is 1. The predicted molar refractivity (Wildman–Crippen MR) is 117 cm³/mol. The zero-order chi connectivity index (χ0) is 18.2. The lowest BCUT2D eigenvalue weighted by molar-refractivity contribution is 0.461. The Balaban J connectivity index is 0.00000576. The number of guanidine groups is 1. The standard InChI is InChI=1S/C15H29N5O2S2.HI/c1-6-24(21,22)20(5)9-7-8-17-15(16-4)18-10-14-19-13(11-23-14)12(2)3;/h11-12H,6-10H2,1-5H3,(H2,16,17,18);1H. The maximum atomic E-state index is 11.7. The van der Waals surface area contributed by atoms with Crippen LogP contribution in [-0.2, 0) is 16.6 Å². The highest BCUT2D eigenvalue weighted by Gasteiger charge is 2.14. The van der Waals surface area contributed by atoms with Crippen molar-refractivity contribution < 1.29 is 8.42 Å². The summed E-state index contributed by atoms with van der Waals surface area (Å²) in [4.78, 5) is 8.74. The largest absolute Gasteiger partial charge is 0.356 e. The van der Waals surface area contributed by atoms with Crippen molar-refractivity contribution in [3.63, 3.8) is 0 Å². The van der Waals surface area contributed by atoms with Gasteiger partial charge in [0.25, 0.3) is 0 Å². The molecule has 0 unspecified atom stereocenters. The van der Waals surface area contributed by atoms with Crippen LogP contribution in [0.5, 0.6) is 0 Å². The summed E-state index contributed by atoms with van der Waals surface area (Å²) in [5, 5.41) is 9.52. The zero-order valence-electron chi connectivity index (χ0n) is 15.6. The molecule has 0 bridgehead atoms. The second kappa shape index (κ2) is 12.0. The van der Waals surface area contributed by atoms with E-state index in [4.69, 9.17) is 0 Å². The number of sulfonamides is 1. The molecule has 0 spiro atoms. The van der Waals surface area contributed by atoms with Crippen molar-refractivity contribution in [2.45, 2.75) is 39.7 Å². The van der Waals surface area contributed by atoms with Crippen molar-refractivity contribution >= 4 is 51.3 Å². The number of nitrogens with one attached hydrogen (secondary N) is 2. The summed E-state index contributed by atoms with van der Waals surface area (Å²) in [6, 6.07) is 0. The molecular formula is C15H30IN5O2S2. The summed E-state index contributed by atoms with van der Waals surface area (Å²) in [6.45, 7) is 7.67. The van der Waals surface area contributed by atoms with E-state index in [-0.39, 0.29) is 29.7 Å². The third-order valence-electron chi connectivity index (χ3n) is 3.57. The van der Waals surface area contributed by atoms with Crippen LogP contribution in [-0.4, -0.2) is 56.6 Å². The van der Waals surface area contributed by atoms with Crippen LogP contribution < -0.4 is 10.6 Å². The average molecular weight is 503 g/mol. The Morgan fingerprint density at radius 1 is 1.40 bits per heavy atom. The van der Waals surface area contributed by atoms with Crippen LogP contribution in [0.25, 0.3) is 0 Å². The lowest BCUT2D eigenvalue weighted by Gasteiger charge is -2.16. The molecule has 0 atom stereocenters. The second-order valence-electron chi connectivity index (χ2n) is 5.75. The third kappa shape index (κ3) is 8.65. The molecule has 146 valence electrons. The SMILES string of the molecule is CCS(=O)(=O)N(C)CCCNC(=NC)NCc1nc(C(C)C)cs1.I. The van der Waals surface area contributed by atoms with E-state index in [1.165, 1.54) is 4.31 Å². The van der Waals surface area contributed by atoms with Crippen LogP contribution in [0.15, 0.2) is 10.4 Å². The first kappa shape index (κ1) is 24.5. The van der Waals surface area contributed by atoms with Crippen LogP contribution in [0, 0.1) is 0 Å². The van der Waals surface area contributed by atoms with Crippen molar-refractivity contribution in [3.05, 3.63) is 16.1 Å². The summed E-state index contributed by atoms with van der Waals surface area (Å²) in [5.74, 6) is 1.26. The Morgan fingerprint density at radius 2 is 2.08 bits per heavy atom. The Kier molecular flexibility index (Phi) is 11.8. The Labute approximate surface area is 172 Å².